The summed E-state index contributed by atoms with van der Waals surface area (Å²) in [6, 6.07) is -0.284. The number of alkyl halides is 2. The molecule has 1 aromatic rings. The Morgan fingerprint density at radius 2 is 2.14 bits per heavy atom. The van der Waals surface area contributed by atoms with E-state index in [0.717, 1.165) is 0 Å². The van der Waals surface area contributed by atoms with Gasteiger partial charge in [-0.05, 0) is 19.8 Å². The lowest BCUT2D eigenvalue weighted by atomic mass is 9.92. The van der Waals surface area contributed by atoms with Crippen molar-refractivity contribution in [2.75, 3.05) is 13.2 Å². The number of nitrogens with zero attached hydrogens (tertiary/aromatic N) is 3. The van der Waals surface area contributed by atoms with Crippen molar-refractivity contribution in [3.05, 3.63) is 15.8 Å². The van der Waals surface area contributed by atoms with Crippen LogP contribution in [-0.4, -0.2) is 38.9 Å². The van der Waals surface area contributed by atoms with Crippen LogP contribution in [0.3, 0.4) is 0 Å². The quantitative estimate of drug-likeness (QED) is 0.494. The predicted molar refractivity (Wildman–Crippen MR) is 73.3 cm³/mol. The molecule has 22 heavy (non-hydrogen) atoms. The van der Waals surface area contributed by atoms with E-state index in [1.165, 1.54) is 11.6 Å². The zero-order valence-corrected chi connectivity index (χ0v) is 12.3. The molecule has 9 heteroatoms. The van der Waals surface area contributed by atoms with E-state index in [-0.39, 0.29) is 56.5 Å². The second-order valence-corrected chi connectivity index (χ2v) is 5.45. The molecular formula is C13H19F2N3O4. The van der Waals surface area contributed by atoms with Crippen LogP contribution in [0.5, 0.6) is 5.88 Å². The van der Waals surface area contributed by atoms with Crippen LogP contribution >= 0.6 is 0 Å². The fourth-order valence-corrected chi connectivity index (χ4v) is 2.65. The minimum Gasteiger partial charge on any atom is -0.472 e. The molecule has 0 unspecified atom stereocenters. The monoisotopic (exact) mass is 319 g/mol. The number of aromatic nitrogens is 2. The molecule has 2 rings (SSSR count). The fraction of sp³-hybridized carbons (Fsp3) is 0.769. The van der Waals surface area contributed by atoms with Gasteiger partial charge in [-0.3, -0.25) is 14.8 Å². The highest BCUT2D eigenvalue weighted by Crippen LogP contribution is 2.41. The van der Waals surface area contributed by atoms with Crippen LogP contribution < -0.4 is 4.74 Å². The van der Waals surface area contributed by atoms with Gasteiger partial charge >= 0.3 is 11.6 Å². The molecule has 0 spiro atoms. The molecule has 0 bridgehead atoms. The molecule has 0 aromatic carbocycles. The average Bonchev–Trinajstić information content (AvgIpc) is 2.76. The van der Waals surface area contributed by atoms with E-state index in [0.29, 0.717) is 12.1 Å². The van der Waals surface area contributed by atoms with Crippen LogP contribution in [0.1, 0.15) is 43.8 Å². The maximum Gasteiger partial charge on any atom is 0.352 e. The van der Waals surface area contributed by atoms with Gasteiger partial charge in [-0.15, -0.1) is 5.10 Å². The van der Waals surface area contributed by atoms with Crippen molar-refractivity contribution in [1.29, 1.82) is 0 Å². The van der Waals surface area contributed by atoms with Crippen molar-refractivity contribution >= 4 is 5.69 Å². The highest BCUT2D eigenvalue weighted by atomic mass is 19.3. The van der Waals surface area contributed by atoms with Crippen LogP contribution in [0.15, 0.2) is 0 Å². The number of hydrogen-bond acceptors (Lipinski definition) is 5. The van der Waals surface area contributed by atoms with Gasteiger partial charge in [0.25, 0.3) is 0 Å². The Morgan fingerprint density at radius 3 is 2.68 bits per heavy atom. The molecule has 0 saturated heterocycles. The molecule has 1 fully saturated rings. The van der Waals surface area contributed by atoms with Crippen molar-refractivity contribution in [1.82, 2.24) is 9.78 Å². The Bertz CT molecular complexity index is 538. The second-order valence-electron chi connectivity index (χ2n) is 5.45. The zero-order chi connectivity index (χ0) is 16.3. The molecule has 1 N–H and O–H groups in total. The van der Waals surface area contributed by atoms with Crippen molar-refractivity contribution < 1.29 is 23.5 Å². The summed E-state index contributed by atoms with van der Waals surface area (Å²) in [6.07, 6.45) is 0.293. The summed E-state index contributed by atoms with van der Waals surface area (Å²) in [5, 5.41) is 24.0. The highest BCUT2D eigenvalue weighted by Gasteiger charge is 2.38. The fourth-order valence-electron chi connectivity index (χ4n) is 2.65. The first-order chi connectivity index (χ1) is 10.4. The summed E-state index contributed by atoms with van der Waals surface area (Å²) in [4.78, 5) is 10.6. The SMILES string of the molecule is Cc1c([N+](=O)[O-])c(OCCCO)nn1C1CCC(F)(F)CC1. The Morgan fingerprint density at radius 1 is 1.50 bits per heavy atom. The third kappa shape index (κ3) is 3.52. The van der Waals surface area contributed by atoms with Crippen molar-refractivity contribution in [3.63, 3.8) is 0 Å². The maximum atomic E-state index is 13.2. The lowest BCUT2D eigenvalue weighted by Crippen LogP contribution is -2.27. The summed E-state index contributed by atoms with van der Waals surface area (Å²) in [5.74, 6) is -2.78. The molecule has 0 radical (unpaired) electrons. The van der Waals surface area contributed by atoms with Crippen LogP contribution in [0.2, 0.25) is 0 Å². The lowest BCUT2D eigenvalue weighted by molar-refractivity contribution is -0.386. The first-order valence-electron chi connectivity index (χ1n) is 7.20. The molecular weight excluding hydrogens is 300 g/mol. The van der Waals surface area contributed by atoms with Gasteiger partial charge in [-0.1, -0.05) is 0 Å². The number of ether oxygens (including phenoxy) is 1. The second kappa shape index (κ2) is 6.55. The molecule has 124 valence electrons. The average molecular weight is 319 g/mol. The van der Waals surface area contributed by atoms with E-state index in [1.807, 2.05) is 0 Å². The van der Waals surface area contributed by atoms with E-state index in [2.05, 4.69) is 5.10 Å². The largest absolute Gasteiger partial charge is 0.472 e. The van der Waals surface area contributed by atoms with Crippen LogP contribution in [0, 0.1) is 17.0 Å². The molecule has 7 nitrogen and oxygen atoms in total. The normalized spacial score (nSPS) is 18.4. The summed E-state index contributed by atoms with van der Waals surface area (Å²) in [7, 11) is 0. The van der Waals surface area contributed by atoms with E-state index >= 15 is 0 Å². The van der Waals surface area contributed by atoms with Gasteiger partial charge in [-0.2, -0.15) is 0 Å². The van der Waals surface area contributed by atoms with Crippen LogP contribution in [-0.2, 0) is 0 Å². The molecule has 0 aliphatic heterocycles. The number of aliphatic hydroxyl groups excluding tert-OH is 1. The molecule has 1 aromatic heterocycles. The van der Waals surface area contributed by atoms with Crippen molar-refractivity contribution in [2.45, 2.75) is 51.0 Å². The third-order valence-corrected chi connectivity index (χ3v) is 3.84. The number of rotatable bonds is 6. The van der Waals surface area contributed by atoms with Gasteiger partial charge in [-0.25, -0.2) is 8.78 Å². The number of halogens is 2. The van der Waals surface area contributed by atoms with Gasteiger partial charge in [0.1, 0.15) is 5.69 Å². The molecule has 1 aliphatic rings. The summed E-state index contributed by atoms with van der Waals surface area (Å²) in [5.41, 5.74) is 0.0643. The molecule has 1 heterocycles. The molecule has 0 amide bonds. The smallest absolute Gasteiger partial charge is 0.352 e. The van der Waals surface area contributed by atoms with Crippen molar-refractivity contribution in [3.8, 4) is 5.88 Å². The number of hydrogen-bond donors (Lipinski definition) is 1. The number of nitro groups is 1. The first-order valence-corrected chi connectivity index (χ1v) is 7.20. The van der Waals surface area contributed by atoms with E-state index in [1.54, 1.807) is 0 Å². The Hall–Kier alpha value is -1.77. The summed E-state index contributed by atoms with van der Waals surface area (Å²) in [6.45, 7) is 1.55. The minimum absolute atomic E-state index is 0.0921. The van der Waals surface area contributed by atoms with E-state index in [9.17, 15) is 18.9 Å². The first kappa shape index (κ1) is 16.6. The minimum atomic E-state index is -2.66. The third-order valence-electron chi connectivity index (χ3n) is 3.84. The van der Waals surface area contributed by atoms with Crippen molar-refractivity contribution in [2.24, 2.45) is 0 Å². The topological polar surface area (TPSA) is 90.4 Å². The molecule has 1 aliphatic carbocycles. The molecule has 0 atom stereocenters. The Kier molecular flexibility index (Phi) is 4.94. The maximum absolute atomic E-state index is 13.2. The van der Waals surface area contributed by atoms with Gasteiger partial charge < -0.3 is 9.84 Å². The Balaban J connectivity index is 2.21. The van der Waals surface area contributed by atoms with Gasteiger partial charge in [0, 0.05) is 25.9 Å². The number of aliphatic hydroxyl groups is 1. The standard InChI is InChI=1S/C13H19F2N3O4/c1-9-11(18(20)21)12(22-8-2-7-19)16-17(9)10-3-5-13(14,15)6-4-10/h10,19H,2-8H2,1H3. The zero-order valence-electron chi connectivity index (χ0n) is 12.3. The highest BCUT2D eigenvalue weighted by molar-refractivity contribution is 5.45. The summed E-state index contributed by atoms with van der Waals surface area (Å²) >= 11 is 0. The predicted octanol–water partition coefficient (Wildman–Crippen LogP) is 2.61. The Labute approximate surface area is 126 Å². The van der Waals surface area contributed by atoms with Gasteiger partial charge in [0.05, 0.1) is 17.6 Å². The van der Waals surface area contributed by atoms with E-state index < -0.39 is 10.8 Å². The summed E-state index contributed by atoms with van der Waals surface area (Å²) < 4.78 is 33.1. The lowest BCUT2D eigenvalue weighted by Gasteiger charge is -2.28. The van der Waals surface area contributed by atoms with Gasteiger partial charge in [0.2, 0.25) is 5.92 Å². The molecule has 1 saturated carbocycles. The van der Waals surface area contributed by atoms with Gasteiger partial charge in [0.15, 0.2) is 0 Å². The van der Waals surface area contributed by atoms with E-state index in [4.69, 9.17) is 9.84 Å². The van der Waals surface area contributed by atoms with Crippen LogP contribution in [0.25, 0.3) is 0 Å². The van der Waals surface area contributed by atoms with Crippen LogP contribution in [0.4, 0.5) is 14.5 Å².